The van der Waals surface area contributed by atoms with Crippen molar-refractivity contribution in [2.45, 2.75) is 58.1 Å². The molecule has 0 aromatic heterocycles. The van der Waals surface area contributed by atoms with Gasteiger partial charge >= 0.3 is 0 Å². The minimum atomic E-state index is -0.611. The lowest BCUT2D eigenvalue weighted by molar-refractivity contribution is -0.126. The second-order valence-electron chi connectivity index (χ2n) is 7.32. The van der Waals surface area contributed by atoms with Gasteiger partial charge < -0.3 is 5.32 Å². The second-order valence-corrected chi connectivity index (χ2v) is 8.61. The summed E-state index contributed by atoms with van der Waals surface area (Å²) in [5, 5.41) is 4.37. The van der Waals surface area contributed by atoms with E-state index in [-0.39, 0.29) is 5.91 Å². The molecule has 0 bridgehead atoms. The molecule has 0 atom stereocenters. The van der Waals surface area contributed by atoms with E-state index >= 15 is 0 Å². The van der Waals surface area contributed by atoms with Crippen LogP contribution < -0.4 is 5.32 Å². The number of amides is 1. The van der Waals surface area contributed by atoms with E-state index in [4.69, 9.17) is 4.99 Å². The number of aliphatic imine (C=N–C) groups is 1. The van der Waals surface area contributed by atoms with E-state index in [0.717, 1.165) is 16.4 Å². The van der Waals surface area contributed by atoms with Gasteiger partial charge in [-0.25, -0.2) is 4.99 Å². The zero-order chi connectivity index (χ0) is 17.2. The topological polar surface area (TPSA) is 41.5 Å². The third-order valence-corrected chi connectivity index (χ3v) is 6.05. The Labute approximate surface area is 149 Å². The number of amidine groups is 1. The van der Waals surface area contributed by atoms with Crippen molar-refractivity contribution >= 4 is 28.9 Å². The molecule has 128 valence electrons. The summed E-state index contributed by atoms with van der Waals surface area (Å²) in [6.45, 7) is 5.96. The van der Waals surface area contributed by atoms with E-state index in [0.29, 0.717) is 5.25 Å². The van der Waals surface area contributed by atoms with E-state index in [1.807, 2.05) is 26.0 Å². The molecule has 0 radical (unpaired) electrons. The van der Waals surface area contributed by atoms with Gasteiger partial charge in [0.1, 0.15) is 0 Å². The number of hydrogen-bond acceptors (Lipinski definition) is 3. The van der Waals surface area contributed by atoms with Crippen molar-refractivity contribution in [3.05, 3.63) is 41.1 Å². The number of nitrogens with zero attached hydrogens (tertiary/aromatic N) is 1. The van der Waals surface area contributed by atoms with E-state index in [9.17, 15) is 4.79 Å². The second kappa shape index (κ2) is 7.14. The van der Waals surface area contributed by atoms with Crippen molar-refractivity contribution in [1.29, 1.82) is 0 Å². The highest BCUT2D eigenvalue weighted by Crippen LogP contribution is 2.36. The van der Waals surface area contributed by atoms with Crippen LogP contribution >= 0.6 is 11.8 Å². The highest BCUT2D eigenvalue weighted by Gasteiger charge is 2.37. The molecule has 0 unspecified atom stereocenters. The Kier molecular flexibility index (Phi) is 5.14. The summed E-state index contributed by atoms with van der Waals surface area (Å²) in [7, 11) is 0. The molecule has 3 rings (SSSR count). The lowest BCUT2D eigenvalue weighted by Gasteiger charge is -2.31. The summed E-state index contributed by atoms with van der Waals surface area (Å²) in [5.41, 5.74) is 2.54. The summed E-state index contributed by atoms with van der Waals surface area (Å²) >= 11 is 1.74. The molecule has 1 N–H and O–H groups in total. The van der Waals surface area contributed by atoms with E-state index in [2.05, 4.69) is 30.4 Å². The first kappa shape index (κ1) is 17.3. The summed E-state index contributed by atoms with van der Waals surface area (Å²) in [4.78, 5) is 17.4. The Balaban J connectivity index is 1.88. The average molecular weight is 343 g/mol. The Morgan fingerprint density at radius 1 is 1.25 bits per heavy atom. The van der Waals surface area contributed by atoms with E-state index in [1.165, 1.54) is 37.7 Å². The minimum Gasteiger partial charge on any atom is -0.304 e. The van der Waals surface area contributed by atoms with Crippen LogP contribution in [0.15, 0.2) is 35.0 Å². The van der Waals surface area contributed by atoms with E-state index in [1.54, 1.807) is 11.8 Å². The normalized spacial score (nSPS) is 23.0. The van der Waals surface area contributed by atoms with Gasteiger partial charge in [-0.3, -0.25) is 4.79 Å². The monoisotopic (exact) mass is 342 g/mol. The highest BCUT2D eigenvalue weighted by atomic mass is 32.2. The predicted molar refractivity (Wildman–Crippen MR) is 103 cm³/mol. The van der Waals surface area contributed by atoms with Crippen molar-refractivity contribution in [2.24, 2.45) is 10.4 Å². The first-order valence-corrected chi connectivity index (χ1v) is 9.69. The smallest absolute Gasteiger partial charge is 0.237 e. The fourth-order valence-corrected chi connectivity index (χ4v) is 4.36. The molecule has 1 fully saturated rings. The average Bonchev–Trinajstić information content (AvgIpc) is 2.54. The molecule has 1 heterocycles. The maximum Gasteiger partial charge on any atom is 0.237 e. The van der Waals surface area contributed by atoms with Crippen molar-refractivity contribution < 1.29 is 4.79 Å². The van der Waals surface area contributed by atoms with Gasteiger partial charge in [0.2, 0.25) is 5.91 Å². The van der Waals surface area contributed by atoms with Gasteiger partial charge in [0.25, 0.3) is 0 Å². The quantitative estimate of drug-likeness (QED) is 0.829. The molecule has 1 aliphatic heterocycles. The zero-order valence-electron chi connectivity index (χ0n) is 14.8. The zero-order valence-corrected chi connectivity index (χ0v) is 15.6. The summed E-state index contributed by atoms with van der Waals surface area (Å²) in [6, 6.07) is 8.30. The Hall–Kier alpha value is -1.55. The molecular weight excluding hydrogens is 316 g/mol. The molecule has 0 saturated heterocycles. The number of carbonyl (C=O) groups is 1. The number of aryl methyl sites for hydroxylation is 1. The fraction of sp³-hybridized carbons (Fsp3) is 0.500. The summed E-state index contributed by atoms with van der Waals surface area (Å²) in [6.07, 6.45) is 8.40. The first-order valence-electron chi connectivity index (χ1n) is 8.81. The van der Waals surface area contributed by atoms with Crippen LogP contribution in [0.3, 0.4) is 0 Å². The van der Waals surface area contributed by atoms with Gasteiger partial charge in [0, 0.05) is 5.25 Å². The van der Waals surface area contributed by atoms with Crippen molar-refractivity contribution in [3.63, 3.8) is 0 Å². The number of rotatable bonds is 2. The lowest BCUT2D eigenvalue weighted by atomic mass is 9.86. The third-order valence-electron chi connectivity index (χ3n) is 4.83. The fourth-order valence-electron chi connectivity index (χ4n) is 3.17. The molecule has 0 spiro atoms. The highest BCUT2D eigenvalue weighted by molar-refractivity contribution is 8.14. The Morgan fingerprint density at radius 3 is 2.71 bits per heavy atom. The van der Waals surface area contributed by atoms with Gasteiger partial charge in [-0.1, -0.05) is 60.9 Å². The number of thioether (sulfide) groups is 1. The Morgan fingerprint density at radius 2 is 2.00 bits per heavy atom. The molecular formula is C20H26N2OS. The first-order chi connectivity index (χ1) is 11.4. The SMILES string of the molecule is Cc1cccc(/C=C2\N=C(SC3CCCCC3)NC(=O)C2(C)C)c1. The molecule has 1 aromatic carbocycles. The van der Waals surface area contributed by atoms with Crippen LogP contribution in [0.25, 0.3) is 6.08 Å². The maximum absolute atomic E-state index is 12.6. The Bertz CT molecular complexity index is 685. The molecule has 1 saturated carbocycles. The largest absolute Gasteiger partial charge is 0.304 e. The molecule has 1 aliphatic carbocycles. The van der Waals surface area contributed by atoms with Crippen LogP contribution in [-0.4, -0.2) is 16.3 Å². The molecule has 3 nitrogen and oxygen atoms in total. The van der Waals surface area contributed by atoms with Gasteiger partial charge in [0.15, 0.2) is 5.17 Å². The number of carbonyl (C=O) groups excluding carboxylic acids is 1. The van der Waals surface area contributed by atoms with Crippen LogP contribution in [0, 0.1) is 12.3 Å². The standard InChI is InChI=1S/C20H26N2OS/c1-14-8-7-9-15(12-14)13-17-20(2,3)18(23)22-19(21-17)24-16-10-5-4-6-11-16/h7-9,12-13,16H,4-6,10-11H2,1-3H3,(H,21,22,23)/b17-13-. The molecule has 4 heteroatoms. The number of hydrogen-bond donors (Lipinski definition) is 1. The molecule has 24 heavy (non-hydrogen) atoms. The summed E-state index contributed by atoms with van der Waals surface area (Å²) < 4.78 is 0. The van der Waals surface area contributed by atoms with Crippen molar-refractivity contribution in [3.8, 4) is 0 Å². The van der Waals surface area contributed by atoms with Gasteiger partial charge in [-0.15, -0.1) is 0 Å². The maximum atomic E-state index is 12.6. The molecule has 1 aromatic rings. The molecule has 1 amide bonds. The van der Waals surface area contributed by atoms with E-state index < -0.39 is 5.41 Å². The number of benzene rings is 1. The molecule has 2 aliphatic rings. The summed E-state index contributed by atoms with van der Waals surface area (Å²) in [5.74, 6) is 0.0368. The van der Waals surface area contributed by atoms with Crippen LogP contribution in [0.2, 0.25) is 0 Å². The third kappa shape index (κ3) is 3.92. The van der Waals surface area contributed by atoms with Crippen molar-refractivity contribution in [1.82, 2.24) is 5.32 Å². The predicted octanol–water partition coefficient (Wildman–Crippen LogP) is 4.91. The van der Waals surface area contributed by atoms with Crippen molar-refractivity contribution in [2.75, 3.05) is 0 Å². The van der Waals surface area contributed by atoms with Gasteiger partial charge in [-0.2, -0.15) is 0 Å². The minimum absolute atomic E-state index is 0.0368. The van der Waals surface area contributed by atoms with Crippen LogP contribution in [0.4, 0.5) is 0 Å². The lowest BCUT2D eigenvalue weighted by Crippen LogP contribution is -2.44. The number of nitrogens with one attached hydrogen (secondary N) is 1. The van der Waals surface area contributed by atoms with Gasteiger partial charge in [0.05, 0.1) is 11.1 Å². The van der Waals surface area contributed by atoms with Crippen LogP contribution in [-0.2, 0) is 4.79 Å². The van der Waals surface area contributed by atoms with Gasteiger partial charge in [-0.05, 0) is 45.3 Å². The van der Waals surface area contributed by atoms with Crippen LogP contribution in [0.1, 0.15) is 57.1 Å². The van der Waals surface area contributed by atoms with Crippen LogP contribution in [0.5, 0.6) is 0 Å².